The summed E-state index contributed by atoms with van der Waals surface area (Å²) in [6.07, 6.45) is 1.39. The van der Waals surface area contributed by atoms with Gasteiger partial charge in [0.05, 0.1) is 12.2 Å². The Morgan fingerprint density at radius 1 is 1.39 bits per heavy atom. The predicted molar refractivity (Wildman–Crippen MR) is 67.3 cm³/mol. The molecule has 2 N–H and O–H groups in total. The zero-order valence-electron chi connectivity index (χ0n) is 10.5. The van der Waals surface area contributed by atoms with Crippen LogP contribution in [0.4, 0.5) is 5.82 Å². The van der Waals surface area contributed by atoms with Crippen molar-refractivity contribution in [2.45, 2.75) is 13.8 Å². The Morgan fingerprint density at radius 3 is 2.56 bits per heavy atom. The number of pyridine rings is 1. The summed E-state index contributed by atoms with van der Waals surface area (Å²) in [4.78, 5) is 28.2. The first-order valence-corrected chi connectivity index (χ1v) is 5.74. The maximum Gasteiger partial charge on any atom is 0.325 e. The molecule has 0 unspecified atom stereocenters. The van der Waals surface area contributed by atoms with Crippen molar-refractivity contribution in [3.8, 4) is 0 Å². The van der Waals surface area contributed by atoms with Gasteiger partial charge in [0, 0.05) is 12.7 Å². The van der Waals surface area contributed by atoms with E-state index in [0.29, 0.717) is 24.5 Å². The Balaban J connectivity index is 2.76. The van der Waals surface area contributed by atoms with E-state index in [4.69, 9.17) is 10.5 Å². The number of ether oxygens (including phenoxy) is 1. The van der Waals surface area contributed by atoms with Gasteiger partial charge in [0.15, 0.2) is 0 Å². The molecule has 0 radical (unpaired) electrons. The fourth-order valence-corrected chi connectivity index (χ4v) is 1.44. The molecule has 1 amide bonds. The van der Waals surface area contributed by atoms with Crippen molar-refractivity contribution in [3.05, 3.63) is 23.9 Å². The second-order valence-electron chi connectivity index (χ2n) is 3.59. The number of likely N-dealkylation sites (N-methyl/N-ethyl adjacent to an activating group) is 1. The molecule has 0 aliphatic rings. The van der Waals surface area contributed by atoms with Gasteiger partial charge >= 0.3 is 5.97 Å². The molecule has 0 saturated carbocycles. The van der Waals surface area contributed by atoms with Gasteiger partial charge in [-0.1, -0.05) is 0 Å². The number of esters is 1. The molecule has 0 atom stereocenters. The molecule has 1 rings (SSSR count). The number of rotatable bonds is 6. The van der Waals surface area contributed by atoms with Gasteiger partial charge in [0.25, 0.3) is 0 Å². The summed E-state index contributed by atoms with van der Waals surface area (Å²) in [6.45, 7) is 4.76. The van der Waals surface area contributed by atoms with Gasteiger partial charge < -0.3 is 15.4 Å². The number of hydrogen-bond acceptors (Lipinski definition) is 5. The summed E-state index contributed by atoms with van der Waals surface area (Å²) < 4.78 is 4.88. The monoisotopic (exact) mass is 251 g/mol. The van der Waals surface area contributed by atoms with Crippen LogP contribution in [0.5, 0.6) is 0 Å². The zero-order valence-corrected chi connectivity index (χ0v) is 10.5. The SMILES string of the molecule is CCOC(=O)CN(CC)c1ccc(C(N)=O)cn1. The normalized spacial score (nSPS) is 9.89. The largest absolute Gasteiger partial charge is 0.465 e. The number of carbonyl (C=O) groups excluding carboxylic acids is 2. The smallest absolute Gasteiger partial charge is 0.325 e. The molecule has 1 heterocycles. The fraction of sp³-hybridized carbons (Fsp3) is 0.417. The molecule has 0 aliphatic heterocycles. The van der Waals surface area contributed by atoms with E-state index in [-0.39, 0.29) is 12.5 Å². The first kappa shape index (κ1) is 14.0. The molecular formula is C12H17N3O3. The first-order chi connectivity index (χ1) is 8.58. The number of anilines is 1. The van der Waals surface area contributed by atoms with Crippen LogP contribution >= 0.6 is 0 Å². The van der Waals surface area contributed by atoms with Gasteiger partial charge in [-0.15, -0.1) is 0 Å². The highest BCUT2D eigenvalue weighted by Crippen LogP contribution is 2.10. The lowest BCUT2D eigenvalue weighted by atomic mass is 10.2. The minimum absolute atomic E-state index is 0.132. The Labute approximate surface area is 106 Å². The third-order valence-corrected chi connectivity index (χ3v) is 2.36. The third kappa shape index (κ3) is 3.73. The Kier molecular flexibility index (Phi) is 5.10. The lowest BCUT2D eigenvalue weighted by molar-refractivity contribution is -0.141. The Hall–Kier alpha value is -2.11. The summed E-state index contributed by atoms with van der Waals surface area (Å²) in [6, 6.07) is 3.24. The van der Waals surface area contributed by atoms with Crippen LogP contribution in [0.2, 0.25) is 0 Å². The van der Waals surface area contributed by atoms with Gasteiger partial charge in [-0.3, -0.25) is 9.59 Å². The molecule has 0 spiro atoms. The number of nitrogens with two attached hydrogens (primary N) is 1. The van der Waals surface area contributed by atoms with Crippen LogP contribution in [0.3, 0.4) is 0 Å². The lowest BCUT2D eigenvalue weighted by Crippen LogP contribution is -2.31. The number of hydrogen-bond donors (Lipinski definition) is 1. The molecule has 6 nitrogen and oxygen atoms in total. The van der Waals surface area contributed by atoms with Gasteiger partial charge in [-0.25, -0.2) is 4.98 Å². The number of primary amides is 1. The van der Waals surface area contributed by atoms with Crippen LogP contribution in [0.1, 0.15) is 24.2 Å². The molecule has 1 aromatic rings. The second kappa shape index (κ2) is 6.58. The molecule has 0 aromatic carbocycles. The van der Waals surface area contributed by atoms with Crippen LogP contribution in [0.15, 0.2) is 18.3 Å². The van der Waals surface area contributed by atoms with E-state index in [0.717, 1.165) is 0 Å². The zero-order chi connectivity index (χ0) is 13.5. The van der Waals surface area contributed by atoms with E-state index in [1.54, 1.807) is 24.0 Å². The summed E-state index contributed by atoms with van der Waals surface area (Å²) in [5.74, 6) is -0.224. The average molecular weight is 251 g/mol. The van der Waals surface area contributed by atoms with E-state index in [1.165, 1.54) is 6.20 Å². The summed E-state index contributed by atoms with van der Waals surface area (Å²) in [5, 5.41) is 0. The minimum Gasteiger partial charge on any atom is -0.465 e. The predicted octanol–water partition coefficient (Wildman–Crippen LogP) is 0.570. The maximum atomic E-state index is 11.4. The summed E-state index contributed by atoms with van der Waals surface area (Å²) in [7, 11) is 0. The molecule has 0 aliphatic carbocycles. The van der Waals surface area contributed by atoms with Crippen LogP contribution in [-0.4, -0.2) is 36.6 Å². The highest BCUT2D eigenvalue weighted by molar-refractivity contribution is 5.92. The van der Waals surface area contributed by atoms with Crippen molar-refractivity contribution in [3.63, 3.8) is 0 Å². The lowest BCUT2D eigenvalue weighted by Gasteiger charge is -2.20. The standard InChI is InChI=1S/C12H17N3O3/c1-3-15(8-11(16)18-4-2)10-6-5-9(7-14-10)12(13)17/h5-7H,3-4,8H2,1-2H3,(H2,13,17). The van der Waals surface area contributed by atoms with Crippen molar-refractivity contribution < 1.29 is 14.3 Å². The number of aromatic nitrogens is 1. The van der Waals surface area contributed by atoms with E-state index in [1.807, 2.05) is 6.92 Å². The molecule has 0 bridgehead atoms. The molecular weight excluding hydrogens is 234 g/mol. The van der Waals surface area contributed by atoms with Crippen molar-refractivity contribution in [2.24, 2.45) is 5.73 Å². The molecule has 0 fully saturated rings. The highest BCUT2D eigenvalue weighted by atomic mass is 16.5. The average Bonchev–Trinajstić information content (AvgIpc) is 2.36. The van der Waals surface area contributed by atoms with Crippen molar-refractivity contribution in [1.82, 2.24) is 4.98 Å². The van der Waals surface area contributed by atoms with E-state index in [9.17, 15) is 9.59 Å². The number of amides is 1. The molecule has 1 aromatic heterocycles. The Bertz CT molecular complexity index is 417. The molecule has 0 saturated heterocycles. The van der Waals surface area contributed by atoms with Gasteiger partial charge in [0.2, 0.25) is 5.91 Å². The second-order valence-corrected chi connectivity index (χ2v) is 3.59. The number of nitrogens with zero attached hydrogens (tertiary/aromatic N) is 2. The first-order valence-electron chi connectivity index (χ1n) is 5.74. The summed E-state index contributed by atoms with van der Waals surface area (Å²) >= 11 is 0. The van der Waals surface area contributed by atoms with Crippen molar-refractivity contribution in [2.75, 3.05) is 24.6 Å². The molecule has 6 heteroatoms. The van der Waals surface area contributed by atoms with Crippen LogP contribution in [-0.2, 0) is 9.53 Å². The highest BCUT2D eigenvalue weighted by Gasteiger charge is 2.12. The minimum atomic E-state index is -0.525. The topological polar surface area (TPSA) is 85.5 Å². The van der Waals surface area contributed by atoms with E-state index in [2.05, 4.69) is 4.98 Å². The third-order valence-electron chi connectivity index (χ3n) is 2.36. The number of carbonyl (C=O) groups is 2. The maximum absolute atomic E-state index is 11.4. The summed E-state index contributed by atoms with van der Waals surface area (Å²) in [5.41, 5.74) is 5.46. The molecule has 98 valence electrons. The van der Waals surface area contributed by atoms with Crippen molar-refractivity contribution in [1.29, 1.82) is 0 Å². The van der Waals surface area contributed by atoms with Gasteiger partial charge in [-0.05, 0) is 26.0 Å². The van der Waals surface area contributed by atoms with Gasteiger partial charge in [0.1, 0.15) is 12.4 Å². The van der Waals surface area contributed by atoms with Crippen LogP contribution < -0.4 is 10.6 Å². The van der Waals surface area contributed by atoms with Crippen LogP contribution in [0.25, 0.3) is 0 Å². The molecule has 18 heavy (non-hydrogen) atoms. The quantitative estimate of drug-likeness (QED) is 0.747. The van der Waals surface area contributed by atoms with Crippen molar-refractivity contribution >= 4 is 17.7 Å². The van der Waals surface area contributed by atoms with Gasteiger partial charge in [-0.2, -0.15) is 0 Å². The van der Waals surface area contributed by atoms with E-state index >= 15 is 0 Å². The van der Waals surface area contributed by atoms with Crippen LogP contribution in [0, 0.1) is 0 Å². The Morgan fingerprint density at radius 2 is 2.11 bits per heavy atom. The fourth-order valence-electron chi connectivity index (χ4n) is 1.44. The van der Waals surface area contributed by atoms with E-state index < -0.39 is 5.91 Å².